The van der Waals surface area contributed by atoms with Gasteiger partial charge < -0.3 is 14.8 Å². The quantitative estimate of drug-likeness (QED) is 0.431. The maximum atomic E-state index is 12.7. The number of halogens is 1. The van der Waals surface area contributed by atoms with Gasteiger partial charge in [-0.05, 0) is 46.9 Å². The lowest BCUT2D eigenvalue weighted by molar-refractivity contribution is 0.101. The third-order valence-electron chi connectivity index (χ3n) is 3.84. The molecule has 13 heteroatoms. The Kier molecular flexibility index (Phi) is 6.40. The Morgan fingerprint density at radius 2 is 1.83 bits per heavy atom. The number of sulfonamides is 1. The van der Waals surface area contributed by atoms with Crippen molar-refractivity contribution in [2.45, 2.75) is 4.90 Å². The predicted molar refractivity (Wildman–Crippen MR) is 116 cm³/mol. The Bertz CT molecular complexity index is 1140. The van der Waals surface area contributed by atoms with Crippen LogP contribution in [0.15, 0.2) is 41.4 Å². The molecule has 3 aromatic rings. The van der Waals surface area contributed by atoms with Crippen LogP contribution in [0.1, 0.15) is 10.5 Å². The highest BCUT2D eigenvalue weighted by atomic mass is 127. The summed E-state index contributed by atoms with van der Waals surface area (Å²) < 4.78 is 39.8. The Labute approximate surface area is 186 Å². The molecule has 0 saturated carbocycles. The van der Waals surface area contributed by atoms with Gasteiger partial charge in [-0.3, -0.25) is 14.2 Å². The van der Waals surface area contributed by atoms with Crippen molar-refractivity contribution in [1.82, 2.24) is 19.7 Å². The minimum Gasteiger partial charge on any atom is -0.481 e. The van der Waals surface area contributed by atoms with Gasteiger partial charge in [0.05, 0.1) is 28.9 Å². The monoisotopic (exact) mass is 544 g/mol. The zero-order valence-corrected chi connectivity index (χ0v) is 19.1. The maximum Gasteiger partial charge on any atom is 0.321 e. The van der Waals surface area contributed by atoms with E-state index in [1.54, 1.807) is 13.2 Å². The molecule has 0 aliphatic carbocycles. The van der Waals surface area contributed by atoms with Crippen molar-refractivity contribution >= 4 is 50.0 Å². The number of carbonyl (C=O) groups excluding carboxylic acids is 1. The molecule has 0 atom stereocenters. The molecule has 3 rings (SSSR count). The van der Waals surface area contributed by atoms with Gasteiger partial charge in [-0.1, -0.05) is 0 Å². The van der Waals surface area contributed by atoms with Gasteiger partial charge in [-0.15, -0.1) is 0 Å². The van der Waals surface area contributed by atoms with E-state index in [0.29, 0.717) is 15.0 Å². The van der Waals surface area contributed by atoms with E-state index in [4.69, 9.17) is 9.47 Å². The van der Waals surface area contributed by atoms with Crippen LogP contribution in [0.25, 0.3) is 0 Å². The van der Waals surface area contributed by atoms with Crippen molar-refractivity contribution in [3.05, 3.63) is 45.8 Å². The summed E-state index contributed by atoms with van der Waals surface area (Å²) in [6.07, 6.45) is 1.58. The Hall–Kier alpha value is -2.94. The molecule has 0 radical (unpaired) electrons. The smallest absolute Gasteiger partial charge is 0.321 e. The van der Waals surface area contributed by atoms with Crippen LogP contribution in [0.2, 0.25) is 0 Å². The standard InChI is InChI=1S/C17H17IN6O5S/c1-24-15(12(18)9-19-24)16(25)20-10-4-6-11(7-5-10)30(26,27)23-13-8-14(28-2)22-17(21-13)29-3/h4-9H,1-3H3,(H,20,25)(H,21,22,23). The van der Waals surface area contributed by atoms with E-state index in [1.807, 2.05) is 22.6 Å². The highest BCUT2D eigenvalue weighted by Crippen LogP contribution is 2.22. The molecule has 0 unspecified atom stereocenters. The first kappa shape index (κ1) is 21.8. The van der Waals surface area contributed by atoms with Crippen LogP contribution in [-0.2, 0) is 17.1 Å². The lowest BCUT2D eigenvalue weighted by atomic mass is 10.3. The second kappa shape index (κ2) is 8.83. The molecule has 2 heterocycles. The molecule has 2 aromatic heterocycles. The van der Waals surface area contributed by atoms with Crippen molar-refractivity contribution < 1.29 is 22.7 Å². The first-order valence-corrected chi connectivity index (χ1v) is 10.9. The molecule has 2 N–H and O–H groups in total. The minimum atomic E-state index is -3.94. The normalized spacial score (nSPS) is 11.1. The van der Waals surface area contributed by atoms with E-state index in [0.717, 1.165) is 0 Å². The highest BCUT2D eigenvalue weighted by Gasteiger charge is 2.18. The van der Waals surface area contributed by atoms with E-state index >= 15 is 0 Å². The zero-order chi connectivity index (χ0) is 21.9. The molecule has 158 valence electrons. The van der Waals surface area contributed by atoms with Crippen molar-refractivity contribution in [3.63, 3.8) is 0 Å². The average molecular weight is 544 g/mol. The van der Waals surface area contributed by atoms with Crippen LogP contribution in [0.3, 0.4) is 0 Å². The maximum absolute atomic E-state index is 12.7. The van der Waals surface area contributed by atoms with Crippen LogP contribution in [0.4, 0.5) is 11.5 Å². The molecule has 0 aliphatic rings. The fourth-order valence-electron chi connectivity index (χ4n) is 2.42. The van der Waals surface area contributed by atoms with Gasteiger partial charge in [0.1, 0.15) is 5.69 Å². The second-order valence-electron chi connectivity index (χ2n) is 5.83. The number of hydrogen-bond acceptors (Lipinski definition) is 8. The fraction of sp³-hybridized carbons (Fsp3) is 0.176. The van der Waals surface area contributed by atoms with E-state index in [2.05, 4.69) is 25.1 Å². The van der Waals surface area contributed by atoms with Gasteiger partial charge in [0, 0.05) is 18.8 Å². The SMILES string of the molecule is COc1cc(NS(=O)(=O)c2ccc(NC(=O)c3c(I)cnn3C)cc2)nc(OC)n1. The average Bonchev–Trinajstić information content (AvgIpc) is 3.05. The van der Waals surface area contributed by atoms with E-state index < -0.39 is 10.0 Å². The molecule has 0 saturated heterocycles. The van der Waals surface area contributed by atoms with Gasteiger partial charge in [0.2, 0.25) is 5.88 Å². The number of benzene rings is 1. The molecule has 30 heavy (non-hydrogen) atoms. The second-order valence-corrected chi connectivity index (χ2v) is 8.68. The van der Waals surface area contributed by atoms with Crippen LogP contribution >= 0.6 is 22.6 Å². The lowest BCUT2D eigenvalue weighted by Crippen LogP contribution is -2.18. The Morgan fingerprint density at radius 1 is 1.13 bits per heavy atom. The number of carbonyl (C=O) groups is 1. The summed E-state index contributed by atoms with van der Waals surface area (Å²) in [5, 5.41) is 6.73. The van der Waals surface area contributed by atoms with Crippen molar-refractivity contribution in [2.24, 2.45) is 7.05 Å². The third kappa shape index (κ3) is 4.79. The number of nitrogens with zero attached hydrogens (tertiary/aromatic N) is 4. The third-order valence-corrected chi connectivity index (χ3v) is 6.00. The topological polar surface area (TPSA) is 137 Å². The van der Waals surface area contributed by atoms with E-state index in [9.17, 15) is 13.2 Å². The number of hydrogen-bond donors (Lipinski definition) is 2. The summed E-state index contributed by atoms with van der Waals surface area (Å²) in [6, 6.07) is 6.97. The van der Waals surface area contributed by atoms with Crippen LogP contribution < -0.4 is 19.5 Å². The number of aryl methyl sites for hydroxylation is 1. The number of amides is 1. The van der Waals surface area contributed by atoms with Crippen molar-refractivity contribution in [2.75, 3.05) is 24.3 Å². The molecular formula is C17H17IN6O5S. The number of rotatable bonds is 7. The van der Waals surface area contributed by atoms with Gasteiger partial charge in [0.25, 0.3) is 15.9 Å². The summed E-state index contributed by atoms with van der Waals surface area (Å²) in [5.74, 6) is -0.224. The van der Waals surface area contributed by atoms with Gasteiger partial charge in [-0.25, -0.2) is 8.42 Å². The summed E-state index contributed by atoms with van der Waals surface area (Å²) >= 11 is 2.02. The van der Waals surface area contributed by atoms with E-state index in [-0.39, 0.29) is 28.5 Å². The zero-order valence-electron chi connectivity index (χ0n) is 16.1. The van der Waals surface area contributed by atoms with Gasteiger partial charge in [-0.2, -0.15) is 15.1 Å². The molecule has 1 aromatic carbocycles. The van der Waals surface area contributed by atoms with Gasteiger partial charge in [0.15, 0.2) is 5.82 Å². The first-order chi connectivity index (χ1) is 14.2. The molecule has 0 aliphatic heterocycles. The van der Waals surface area contributed by atoms with Crippen LogP contribution in [0.5, 0.6) is 11.9 Å². The summed E-state index contributed by atoms with van der Waals surface area (Å²) in [4.78, 5) is 20.2. The number of aromatic nitrogens is 4. The van der Waals surface area contributed by atoms with Crippen molar-refractivity contribution in [3.8, 4) is 11.9 Å². The first-order valence-electron chi connectivity index (χ1n) is 8.32. The van der Waals surface area contributed by atoms with Crippen LogP contribution in [-0.4, -0.2) is 48.3 Å². The van der Waals surface area contributed by atoms with Gasteiger partial charge >= 0.3 is 6.01 Å². The van der Waals surface area contributed by atoms with E-state index in [1.165, 1.54) is 49.2 Å². The number of ether oxygens (including phenoxy) is 2. The summed E-state index contributed by atoms with van der Waals surface area (Å²) in [6.45, 7) is 0. The number of nitrogens with one attached hydrogen (secondary N) is 2. The largest absolute Gasteiger partial charge is 0.481 e. The molecular weight excluding hydrogens is 527 g/mol. The number of anilines is 2. The molecule has 0 fully saturated rings. The number of methoxy groups -OCH3 is 2. The predicted octanol–water partition coefficient (Wildman–Crippen LogP) is 1.88. The summed E-state index contributed by atoms with van der Waals surface area (Å²) in [5.41, 5.74) is 0.835. The van der Waals surface area contributed by atoms with Crippen molar-refractivity contribution in [1.29, 1.82) is 0 Å². The molecule has 0 spiro atoms. The fourth-order valence-corrected chi connectivity index (χ4v) is 4.13. The lowest BCUT2D eigenvalue weighted by Gasteiger charge is -2.10. The summed E-state index contributed by atoms with van der Waals surface area (Å²) in [7, 11) is 0.460. The highest BCUT2D eigenvalue weighted by molar-refractivity contribution is 14.1. The molecule has 0 bridgehead atoms. The van der Waals surface area contributed by atoms with Crippen LogP contribution in [0, 0.1) is 3.57 Å². The Morgan fingerprint density at radius 3 is 2.40 bits per heavy atom. The Balaban J connectivity index is 1.77. The minimum absolute atomic E-state index is 0.0122. The molecule has 11 nitrogen and oxygen atoms in total. The molecule has 1 amide bonds.